The van der Waals surface area contributed by atoms with Crippen LogP contribution in [0.1, 0.15) is 19.8 Å². The highest BCUT2D eigenvalue weighted by molar-refractivity contribution is 9.10. The predicted octanol–water partition coefficient (Wildman–Crippen LogP) is 4.42. The van der Waals surface area contributed by atoms with Crippen LogP contribution in [0.2, 0.25) is 10.0 Å². The Kier molecular flexibility index (Phi) is 5.56. The summed E-state index contributed by atoms with van der Waals surface area (Å²) in [5, 5.41) is 12.6. The van der Waals surface area contributed by atoms with E-state index in [1.165, 1.54) is 0 Å². The summed E-state index contributed by atoms with van der Waals surface area (Å²) in [6, 6.07) is 3.61. The van der Waals surface area contributed by atoms with E-state index in [0.717, 1.165) is 4.47 Å². The third-order valence-electron chi connectivity index (χ3n) is 2.23. The Balaban J connectivity index is 2.68. The van der Waals surface area contributed by atoms with E-state index in [9.17, 15) is 4.79 Å². The summed E-state index contributed by atoms with van der Waals surface area (Å²) in [6.07, 6.45) is 0.648. The Morgan fingerprint density at radius 2 is 2.12 bits per heavy atom. The molecule has 1 aromatic carbocycles. The minimum atomic E-state index is -0.807. The standard InChI is InChI=1S/C11H12BrCl2NO2/c1-6(2-5-9(16)17)15-8-4-3-7(12)10(13)11(8)14/h3-4,6,15H,2,5H2,1H3,(H,16,17). The molecule has 0 aromatic heterocycles. The number of nitrogens with one attached hydrogen (secondary N) is 1. The second-order valence-corrected chi connectivity index (χ2v) is 5.31. The van der Waals surface area contributed by atoms with Gasteiger partial charge in [0.2, 0.25) is 0 Å². The molecule has 0 aliphatic rings. The first kappa shape index (κ1) is 14.6. The quantitative estimate of drug-likeness (QED) is 0.780. The van der Waals surface area contributed by atoms with Crippen molar-refractivity contribution in [2.24, 2.45) is 0 Å². The highest BCUT2D eigenvalue weighted by Crippen LogP contribution is 2.36. The Bertz CT molecular complexity index is 426. The number of halogens is 3. The number of carbonyl (C=O) groups is 1. The maximum atomic E-state index is 10.4. The second-order valence-electron chi connectivity index (χ2n) is 3.70. The molecule has 1 rings (SSSR count). The van der Waals surface area contributed by atoms with Crippen LogP contribution < -0.4 is 5.32 Å². The molecule has 94 valence electrons. The fourth-order valence-electron chi connectivity index (χ4n) is 1.31. The van der Waals surface area contributed by atoms with Gasteiger partial charge in [-0.1, -0.05) is 23.2 Å². The van der Waals surface area contributed by atoms with Crippen LogP contribution in [0.4, 0.5) is 5.69 Å². The molecule has 0 aliphatic carbocycles. The van der Waals surface area contributed by atoms with E-state index in [1.807, 2.05) is 6.92 Å². The summed E-state index contributed by atoms with van der Waals surface area (Å²) in [5.74, 6) is -0.807. The molecule has 0 saturated heterocycles. The van der Waals surface area contributed by atoms with Gasteiger partial charge in [-0.15, -0.1) is 0 Å². The molecule has 0 radical (unpaired) electrons. The van der Waals surface area contributed by atoms with Crippen molar-refractivity contribution < 1.29 is 9.90 Å². The Labute approximate surface area is 118 Å². The molecule has 0 heterocycles. The zero-order valence-corrected chi connectivity index (χ0v) is 12.2. The molecule has 0 fully saturated rings. The van der Waals surface area contributed by atoms with Crippen LogP contribution in [0.5, 0.6) is 0 Å². The summed E-state index contributed by atoms with van der Waals surface area (Å²) >= 11 is 15.3. The summed E-state index contributed by atoms with van der Waals surface area (Å²) in [5.41, 5.74) is 0.706. The van der Waals surface area contributed by atoms with Crippen LogP contribution in [0.25, 0.3) is 0 Å². The average Bonchev–Trinajstić information content (AvgIpc) is 2.27. The number of carboxylic acid groups (broad SMARTS) is 1. The van der Waals surface area contributed by atoms with E-state index in [-0.39, 0.29) is 12.5 Å². The molecule has 1 unspecified atom stereocenters. The van der Waals surface area contributed by atoms with Crippen molar-refractivity contribution >= 4 is 50.8 Å². The van der Waals surface area contributed by atoms with Gasteiger partial charge in [-0.3, -0.25) is 4.79 Å². The normalized spacial score (nSPS) is 12.2. The number of aliphatic carboxylic acids is 1. The first-order valence-electron chi connectivity index (χ1n) is 5.03. The number of rotatable bonds is 5. The van der Waals surface area contributed by atoms with Crippen molar-refractivity contribution in [3.05, 3.63) is 26.7 Å². The molecular formula is C11H12BrCl2NO2. The minimum absolute atomic E-state index is 0.0147. The van der Waals surface area contributed by atoms with E-state index in [1.54, 1.807) is 12.1 Å². The van der Waals surface area contributed by atoms with Gasteiger partial charge in [0.05, 0.1) is 15.7 Å². The summed E-state index contributed by atoms with van der Waals surface area (Å²) in [4.78, 5) is 10.4. The number of carboxylic acids is 1. The van der Waals surface area contributed by atoms with E-state index in [4.69, 9.17) is 28.3 Å². The van der Waals surface area contributed by atoms with Crippen molar-refractivity contribution in [3.63, 3.8) is 0 Å². The van der Waals surface area contributed by atoms with Crippen molar-refractivity contribution in [1.82, 2.24) is 0 Å². The molecule has 3 nitrogen and oxygen atoms in total. The molecule has 1 aromatic rings. The summed E-state index contributed by atoms with van der Waals surface area (Å²) in [7, 11) is 0. The lowest BCUT2D eigenvalue weighted by molar-refractivity contribution is -0.137. The minimum Gasteiger partial charge on any atom is -0.481 e. The molecule has 17 heavy (non-hydrogen) atoms. The van der Waals surface area contributed by atoms with Crippen LogP contribution in [0, 0.1) is 0 Å². The van der Waals surface area contributed by atoms with Crippen LogP contribution >= 0.6 is 39.1 Å². The molecule has 0 amide bonds. The number of anilines is 1. The summed E-state index contributed by atoms with van der Waals surface area (Å²) in [6.45, 7) is 1.90. The van der Waals surface area contributed by atoms with Crippen molar-refractivity contribution in [2.45, 2.75) is 25.8 Å². The third kappa shape index (κ3) is 4.37. The first-order chi connectivity index (χ1) is 7.91. The van der Waals surface area contributed by atoms with Gasteiger partial charge < -0.3 is 10.4 Å². The van der Waals surface area contributed by atoms with E-state index < -0.39 is 5.97 Å². The SMILES string of the molecule is CC(CCC(=O)O)Nc1ccc(Br)c(Cl)c1Cl. The molecule has 6 heteroatoms. The van der Waals surface area contributed by atoms with Gasteiger partial charge in [0, 0.05) is 16.9 Å². The molecular weight excluding hydrogens is 329 g/mol. The zero-order valence-electron chi connectivity index (χ0n) is 9.14. The maximum absolute atomic E-state index is 10.4. The third-order valence-corrected chi connectivity index (χ3v) is 4.00. The number of hydrogen-bond donors (Lipinski definition) is 2. The van der Waals surface area contributed by atoms with Gasteiger partial charge in [-0.2, -0.15) is 0 Å². The van der Waals surface area contributed by atoms with Gasteiger partial charge in [0.1, 0.15) is 0 Å². The maximum Gasteiger partial charge on any atom is 0.303 e. The van der Waals surface area contributed by atoms with Gasteiger partial charge in [-0.25, -0.2) is 0 Å². The van der Waals surface area contributed by atoms with Crippen molar-refractivity contribution in [1.29, 1.82) is 0 Å². The van der Waals surface area contributed by atoms with Gasteiger partial charge in [-0.05, 0) is 41.4 Å². The monoisotopic (exact) mass is 339 g/mol. The van der Waals surface area contributed by atoms with Crippen LogP contribution in [-0.4, -0.2) is 17.1 Å². The number of hydrogen-bond acceptors (Lipinski definition) is 2. The van der Waals surface area contributed by atoms with Crippen molar-refractivity contribution in [2.75, 3.05) is 5.32 Å². The summed E-state index contributed by atoms with van der Waals surface area (Å²) < 4.78 is 0.730. The Hall–Kier alpha value is -0.450. The van der Waals surface area contributed by atoms with Crippen molar-refractivity contribution in [3.8, 4) is 0 Å². The molecule has 0 aliphatic heterocycles. The first-order valence-corrected chi connectivity index (χ1v) is 6.58. The number of benzene rings is 1. The van der Waals surface area contributed by atoms with Gasteiger partial charge >= 0.3 is 5.97 Å². The van der Waals surface area contributed by atoms with Crippen LogP contribution in [0.3, 0.4) is 0 Å². The largest absolute Gasteiger partial charge is 0.481 e. The molecule has 0 saturated carbocycles. The van der Waals surface area contributed by atoms with Crippen LogP contribution in [0.15, 0.2) is 16.6 Å². The smallest absolute Gasteiger partial charge is 0.303 e. The predicted molar refractivity (Wildman–Crippen MR) is 74.1 cm³/mol. The van der Waals surface area contributed by atoms with Crippen LogP contribution in [-0.2, 0) is 4.79 Å². The average molecular weight is 341 g/mol. The van der Waals surface area contributed by atoms with E-state index in [0.29, 0.717) is 22.2 Å². The lowest BCUT2D eigenvalue weighted by Gasteiger charge is -2.16. The second kappa shape index (κ2) is 6.47. The Morgan fingerprint density at radius 3 is 2.71 bits per heavy atom. The zero-order chi connectivity index (χ0) is 13.0. The lowest BCUT2D eigenvalue weighted by Crippen LogP contribution is -2.16. The molecule has 0 bridgehead atoms. The Morgan fingerprint density at radius 1 is 1.47 bits per heavy atom. The lowest BCUT2D eigenvalue weighted by atomic mass is 10.1. The van der Waals surface area contributed by atoms with E-state index in [2.05, 4.69) is 21.2 Å². The molecule has 1 atom stereocenters. The fraction of sp³-hybridized carbons (Fsp3) is 0.364. The highest BCUT2D eigenvalue weighted by Gasteiger charge is 2.11. The van der Waals surface area contributed by atoms with Gasteiger partial charge in [0.25, 0.3) is 0 Å². The van der Waals surface area contributed by atoms with E-state index >= 15 is 0 Å². The molecule has 0 spiro atoms. The fourth-order valence-corrected chi connectivity index (χ4v) is 2.14. The molecule has 2 N–H and O–H groups in total. The highest BCUT2D eigenvalue weighted by atomic mass is 79.9. The van der Waals surface area contributed by atoms with Gasteiger partial charge in [0.15, 0.2) is 0 Å². The topological polar surface area (TPSA) is 49.3 Å².